The maximum atomic E-state index is 13.4. The van der Waals surface area contributed by atoms with Gasteiger partial charge in [-0.3, -0.25) is 19.1 Å². The Kier molecular flexibility index (Phi) is 6.39. The van der Waals surface area contributed by atoms with Gasteiger partial charge < -0.3 is 5.32 Å². The lowest BCUT2D eigenvalue weighted by Gasteiger charge is -2.22. The maximum Gasteiger partial charge on any atom is 0.261 e. The number of aromatic nitrogens is 2. The topological polar surface area (TPSA) is 67.2 Å². The summed E-state index contributed by atoms with van der Waals surface area (Å²) in [6.45, 7) is 5.23. The summed E-state index contributed by atoms with van der Waals surface area (Å²) in [4.78, 5) is 31.3. The van der Waals surface area contributed by atoms with Crippen molar-refractivity contribution in [1.29, 1.82) is 0 Å². The van der Waals surface area contributed by atoms with E-state index in [0.29, 0.717) is 18.1 Å². The minimum Gasteiger partial charge on any atom is -0.350 e. The van der Waals surface area contributed by atoms with Crippen molar-refractivity contribution in [2.75, 3.05) is 7.05 Å². The zero-order valence-corrected chi connectivity index (χ0v) is 16.9. The summed E-state index contributed by atoms with van der Waals surface area (Å²) in [5.74, 6) is -0.821. The van der Waals surface area contributed by atoms with Crippen molar-refractivity contribution in [3.05, 3.63) is 76.1 Å². The number of fused-ring (bicyclic) bond motifs is 1. The van der Waals surface area contributed by atoms with Gasteiger partial charge in [-0.15, -0.1) is 0 Å². The number of rotatable bonds is 7. The lowest BCUT2D eigenvalue weighted by atomic mass is 10.1. The second kappa shape index (κ2) is 8.96. The molecule has 3 rings (SSSR count). The Morgan fingerprint density at radius 2 is 1.93 bits per heavy atom. The van der Waals surface area contributed by atoms with Crippen molar-refractivity contribution in [1.82, 2.24) is 19.8 Å². The molecule has 0 unspecified atom stereocenters. The number of nitrogens with zero attached hydrogens (tertiary/aromatic N) is 3. The molecule has 0 fully saturated rings. The molecule has 0 aliphatic carbocycles. The molecule has 0 atom stereocenters. The Bertz CT molecular complexity index is 1080. The number of carbonyl (C=O) groups excluding carboxylic acids is 1. The molecule has 0 radical (unpaired) electrons. The van der Waals surface area contributed by atoms with Gasteiger partial charge in [-0.1, -0.05) is 24.3 Å². The maximum absolute atomic E-state index is 13.4. The number of carbonyl (C=O) groups is 1. The Morgan fingerprint density at radius 1 is 1.21 bits per heavy atom. The van der Waals surface area contributed by atoms with Gasteiger partial charge in [0.15, 0.2) is 0 Å². The summed E-state index contributed by atoms with van der Waals surface area (Å²) in [5.41, 5.74) is 2.13. The molecule has 0 aliphatic heterocycles. The molecule has 152 valence electrons. The van der Waals surface area contributed by atoms with Crippen LogP contribution in [0.1, 0.15) is 25.0 Å². The summed E-state index contributed by atoms with van der Waals surface area (Å²) in [7, 11) is 2.06. The summed E-state index contributed by atoms with van der Waals surface area (Å²) in [5, 5.41) is 3.01. The molecule has 29 heavy (non-hydrogen) atoms. The van der Waals surface area contributed by atoms with Crippen LogP contribution in [0.2, 0.25) is 0 Å². The standard InChI is InChI=1S/C22H25FN4O2/c1-15(2)26(3)12-17-7-5-4-6-16(17)11-24-21(28)13-27-14-25-20-9-8-18(23)10-19(20)22(27)29/h4-10,14-15H,11-13H2,1-3H3,(H,24,28). The quantitative estimate of drug-likeness (QED) is 0.667. The van der Waals surface area contributed by atoms with Crippen LogP contribution in [-0.4, -0.2) is 33.4 Å². The van der Waals surface area contributed by atoms with Crippen LogP contribution in [-0.2, 0) is 24.4 Å². The normalized spacial score (nSPS) is 11.4. The zero-order valence-electron chi connectivity index (χ0n) is 16.9. The second-order valence-electron chi connectivity index (χ2n) is 7.39. The molecule has 1 N–H and O–H groups in total. The highest BCUT2D eigenvalue weighted by atomic mass is 19.1. The van der Waals surface area contributed by atoms with E-state index in [1.54, 1.807) is 0 Å². The monoisotopic (exact) mass is 396 g/mol. The van der Waals surface area contributed by atoms with Gasteiger partial charge in [0, 0.05) is 19.1 Å². The van der Waals surface area contributed by atoms with Crippen molar-refractivity contribution in [3.8, 4) is 0 Å². The van der Waals surface area contributed by atoms with Crippen LogP contribution in [0.4, 0.5) is 4.39 Å². The lowest BCUT2D eigenvalue weighted by molar-refractivity contribution is -0.121. The van der Waals surface area contributed by atoms with E-state index in [2.05, 4.69) is 36.1 Å². The molecule has 6 nitrogen and oxygen atoms in total. The Morgan fingerprint density at radius 3 is 2.66 bits per heavy atom. The Labute approximate surface area is 169 Å². The first-order valence-corrected chi connectivity index (χ1v) is 9.53. The summed E-state index contributed by atoms with van der Waals surface area (Å²) < 4.78 is 14.6. The minimum atomic E-state index is -0.512. The molecule has 0 saturated heterocycles. The predicted octanol–water partition coefficient (Wildman–Crippen LogP) is 2.69. The highest BCUT2D eigenvalue weighted by molar-refractivity contribution is 5.79. The molecular weight excluding hydrogens is 371 g/mol. The molecule has 0 bridgehead atoms. The third kappa shape index (κ3) is 5.06. The van der Waals surface area contributed by atoms with E-state index >= 15 is 0 Å². The highest BCUT2D eigenvalue weighted by Gasteiger charge is 2.11. The van der Waals surface area contributed by atoms with E-state index in [1.807, 2.05) is 24.3 Å². The number of nitrogens with one attached hydrogen (secondary N) is 1. The van der Waals surface area contributed by atoms with Gasteiger partial charge in [-0.2, -0.15) is 0 Å². The fourth-order valence-corrected chi connectivity index (χ4v) is 2.98. The van der Waals surface area contributed by atoms with E-state index in [-0.39, 0.29) is 17.8 Å². The molecule has 1 amide bonds. The molecule has 0 spiro atoms. The zero-order chi connectivity index (χ0) is 21.0. The van der Waals surface area contributed by atoms with Gasteiger partial charge in [0.2, 0.25) is 5.91 Å². The molecule has 3 aromatic rings. The molecule has 0 aliphatic rings. The van der Waals surface area contributed by atoms with Crippen LogP contribution >= 0.6 is 0 Å². The van der Waals surface area contributed by atoms with Crippen LogP contribution in [0.3, 0.4) is 0 Å². The summed E-state index contributed by atoms with van der Waals surface area (Å²) >= 11 is 0. The van der Waals surface area contributed by atoms with Crippen molar-refractivity contribution in [2.45, 2.75) is 39.5 Å². The summed E-state index contributed by atoms with van der Waals surface area (Å²) in [6.07, 6.45) is 1.31. The van der Waals surface area contributed by atoms with Gasteiger partial charge >= 0.3 is 0 Å². The first-order chi connectivity index (χ1) is 13.8. The lowest BCUT2D eigenvalue weighted by Crippen LogP contribution is -2.32. The molecule has 1 aromatic heterocycles. The molecule has 0 saturated carbocycles. The van der Waals surface area contributed by atoms with E-state index in [1.165, 1.54) is 23.0 Å². The third-order valence-electron chi connectivity index (χ3n) is 5.00. The van der Waals surface area contributed by atoms with Crippen LogP contribution < -0.4 is 10.9 Å². The largest absolute Gasteiger partial charge is 0.350 e. The number of benzene rings is 2. The molecule has 2 aromatic carbocycles. The van der Waals surface area contributed by atoms with Crippen molar-refractivity contribution in [2.24, 2.45) is 0 Å². The van der Waals surface area contributed by atoms with Crippen molar-refractivity contribution >= 4 is 16.8 Å². The Balaban J connectivity index is 1.69. The fraction of sp³-hybridized carbons (Fsp3) is 0.318. The molecule has 1 heterocycles. The van der Waals surface area contributed by atoms with E-state index < -0.39 is 11.4 Å². The van der Waals surface area contributed by atoms with Gasteiger partial charge in [0.25, 0.3) is 5.56 Å². The second-order valence-corrected chi connectivity index (χ2v) is 7.39. The third-order valence-corrected chi connectivity index (χ3v) is 5.00. The first kappa shape index (κ1) is 20.7. The van der Waals surface area contributed by atoms with Gasteiger partial charge in [-0.05, 0) is 50.2 Å². The molecule has 7 heteroatoms. The minimum absolute atomic E-state index is 0.155. The van der Waals surface area contributed by atoms with E-state index in [0.717, 1.165) is 23.7 Å². The van der Waals surface area contributed by atoms with Crippen molar-refractivity contribution < 1.29 is 9.18 Å². The van der Waals surface area contributed by atoms with E-state index in [9.17, 15) is 14.0 Å². The van der Waals surface area contributed by atoms with Crippen LogP contribution in [0, 0.1) is 5.82 Å². The predicted molar refractivity (Wildman–Crippen MR) is 111 cm³/mol. The average molecular weight is 396 g/mol. The number of halogens is 1. The van der Waals surface area contributed by atoms with E-state index in [4.69, 9.17) is 0 Å². The fourth-order valence-electron chi connectivity index (χ4n) is 2.98. The van der Waals surface area contributed by atoms with Gasteiger partial charge in [0.05, 0.1) is 17.2 Å². The number of hydrogen-bond acceptors (Lipinski definition) is 4. The highest BCUT2D eigenvalue weighted by Crippen LogP contribution is 2.13. The summed E-state index contributed by atoms with van der Waals surface area (Å²) in [6, 6.07) is 12.2. The smallest absolute Gasteiger partial charge is 0.261 e. The Hall–Kier alpha value is -3.06. The first-order valence-electron chi connectivity index (χ1n) is 9.53. The number of amides is 1. The van der Waals surface area contributed by atoms with Crippen LogP contribution in [0.15, 0.2) is 53.6 Å². The van der Waals surface area contributed by atoms with Gasteiger partial charge in [-0.25, -0.2) is 9.37 Å². The number of hydrogen-bond donors (Lipinski definition) is 1. The SMILES string of the molecule is CC(C)N(C)Cc1ccccc1CNC(=O)Cn1cnc2ccc(F)cc2c1=O. The van der Waals surface area contributed by atoms with Crippen LogP contribution in [0.25, 0.3) is 10.9 Å². The molecular formula is C22H25FN4O2. The van der Waals surface area contributed by atoms with Gasteiger partial charge in [0.1, 0.15) is 12.4 Å². The average Bonchev–Trinajstić information content (AvgIpc) is 2.69. The van der Waals surface area contributed by atoms with Crippen molar-refractivity contribution in [3.63, 3.8) is 0 Å². The van der Waals surface area contributed by atoms with Crippen LogP contribution in [0.5, 0.6) is 0 Å².